The molecule has 0 aliphatic carbocycles. The van der Waals surface area contributed by atoms with Crippen LogP contribution in [0.5, 0.6) is 0 Å². The zero-order valence-corrected chi connectivity index (χ0v) is 14.2. The van der Waals surface area contributed by atoms with Crippen molar-refractivity contribution in [2.24, 2.45) is 0 Å². The molecule has 2 unspecified atom stereocenters. The van der Waals surface area contributed by atoms with Crippen LogP contribution in [0.3, 0.4) is 0 Å². The van der Waals surface area contributed by atoms with Gasteiger partial charge in [-0.05, 0) is 54.4 Å². The molecule has 0 radical (unpaired) electrons. The molecule has 0 aliphatic rings. The number of hydrogen-bond acceptors (Lipinski definition) is 5. The molecule has 21 heavy (non-hydrogen) atoms. The third-order valence-electron chi connectivity index (χ3n) is 3.49. The van der Waals surface area contributed by atoms with E-state index in [0.717, 1.165) is 23.9 Å². The lowest BCUT2D eigenvalue weighted by Gasteiger charge is -2.20. The predicted molar refractivity (Wildman–Crippen MR) is 86.0 cm³/mol. The van der Waals surface area contributed by atoms with Crippen LogP contribution in [0.1, 0.15) is 45.4 Å². The first-order valence-corrected chi connectivity index (χ1v) is 8.14. The Morgan fingerprint density at radius 1 is 1.38 bits per heavy atom. The van der Waals surface area contributed by atoms with Gasteiger partial charge in [0.05, 0.1) is 5.92 Å². The fourth-order valence-electron chi connectivity index (χ4n) is 2.29. The molecule has 0 saturated heterocycles. The summed E-state index contributed by atoms with van der Waals surface area (Å²) in [4.78, 5) is 8.83. The van der Waals surface area contributed by atoms with Crippen molar-refractivity contribution in [3.63, 3.8) is 0 Å². The number of hydrogen-bond donors (Lipinski definition) is 1. The number of rotatable bonds is 7. The minimum Gasteiger partial charge on any atom is -0.339 e. The Hall–Kier alpha value is -1.27. The highest BCUT2D eigenvalue weighted by Crippen LogP contribution is 2.27. The van der Waals surface area contributed by atoms with Crippen molar-refractivity contribution >= 4 is 15.9 Å². The minimum atomic E-state index is 0.209. The summed E-state index contributed by atoms with van der Waals surface area (Å²) in [5.41, 5.74) is 0.705. The monoisotopic (exact) mass is 352 g/mol. The van der Waals surface area contributed by atoms with Crippen LogP contribution in [0.2, 0.25) is 0 Å². The van der Waals surface area contributed by atoms with Gasteiger partial charge in [-0.2, -0.15) is 4.98 Å². The van der Waals surface area contributed by atoms with Gasteiger partial charge in [0, 0.05) is 16.7 Å². The Morgan fingerprint density at radius 3 is 2.86 bits per heavy atom. The molecule has 0 spiro atoms. The lowest BCUT2D eigenvalue weighted by atomic mass is 9.98. The maximum atomic E-state index is 5.47. The molecular weight excluding hydrogens is 332 g/mol. The lowest BCUT2D eigenvalue weighted by molar-refractivity contribution is 0.316. The first-order valence-electron chi connectivity index (χ1n) is 7.35. The van der Waals surface area contributed by atoms with E-state index in [9.17, 15) is 0 Å². The van der Waals surface area contributed by atoms with Crippen LogP contribution in [0.25, 0.3) is 11.5 Å². The van der Waals surface area contributed by atoms with Crippen LogP contribution in [-0.4, -0.2) is 27.7 Å². The maximum Gasteiger partial charge on any atom is 0.231 e. The van der Waals surface area contributed by atoms with Crippen molar-refractivity contribution in [1.29, 1.82) is 0 Å². The van der Waals surface area contributed by atoms with Crippen LogP contribution >= 0.6 is 15.9 Å². The van der Waals surface area contributed by atoms with Gasteiger partial charge in [-0.3, -0.25) is 4.98 Å². The first-order chi connectivity index (χ1) is 10.2. The van der Waals surface area contributed by atoms with E-state index < -0.39 is 0 Å². The number of nitrogens with zero attached hydrogens (tertiary/aromatic N) is 3. The highest BCUT2D eigenvalue weighted by Gasteiger charge is 2.24. The highest BCUT2D eigenvalue weighted by atomic mass is 79.9. The van der Waals surface area contributed by atoms with Gasteiger partial charge in [-0.15, -0.1) is 0 Å². The molecule has 2 aromatic rings. The number of nitrogens with one attached hydrogen (secondary N) is 1. The van der Waals surface area contributed by atoms with Gasteiger partial charge in [0.25, 0.3) is 0 Å². The molecule has 0 saturated carbocycles. The van der Waals surface area contributed by atoms with Crippen molar-refractivity contribution in [1.82, 2.24) is 20.4 Å². The molecule has 114 valence electrons. The smallest absolute Gasteiger partial charge is 0.231 e. The van der Waals surface area contributed by atoms with Crippen LogP contribution in [0.4, 0.5) is 0 Å². The second kappa shape index (κ2) is 7.66. The van der Waals surface area contributed by atoms with Crippen molar-refractivity contribution in [2.45, 2.75) is 45.6 Å². The second-order valence-electron chi connectivity index (χ2n) is 5.05. The summed E-state index contributed by atoms with van der Waals surface area (Å²) in [5, 5.41) is 7.56. The highest BCUT2D eigenvalue weighted by molar-refractivity contribution is 9.10. The molecule has 1 N–H and O–H groups in total. The van der Waals surface area contributed by atoms with Gasteiger partial charge < -0.3 is 9.84 Å². The normalized spacial score (nSPS) is 14.1. The van der Waals surface area contributed by atoms with Gasteiger partial charge >= 0.3 is 0 Å². The van der Waals surface area contributed by atoms with Gasteiger partial charge in [-0.25, -0.2) is 0 Å². The molecule has 0 fully saturated rings. The van der Waals surface area contributed by atoms with E-state index in [1.165, 1.54) is 0 Å². The fraction of sp³-hybridized carbons (Fsp3) is 0.533. The van der Waals surface area contributed by atoms with E-state index in [4.69, 9.17) is 4.52 Å². The third-order valence-corrected chi connectivity index (χ3v) is 4.13. The Morgan fingerprint density at radius 2 is 2.19 bits per heavy atom. The average Bonchev–Trinajstić information content (AvgIpc) is 2.95. The minimum absolute atomic E-state index is 0.209. The van der Waals surface area contributed by atoms with E-state index >= 15 is 0 Å². The summed E-state index contributed by atoms with van der Waals surface area (Å²) in [6.45, 7) is 7.44. The van der Waals surface area contributed by atoms with Crippen molar-refractivity contribution in [3.8, 4) is 11.5 Å². The standard InChI is InChI=1S/C15H21BrN4O/c1-4-8-17-10(3)11(5-2)15-19-14(20-21-15)13-12(16)7-6-9-18-13/h6-7,9-11,17H,4-5,8H2,1-3H3. The van der Waals surface area contributed by atoms with E-state index in [1.807, 2.05) is 12.1 Å². The van der Waals surface area contributed by atoms with Crippen LogP contribution in [0, 0.1) is 0 Å². The van der Waals surface area contributed by atoms with Gasteiger partial charge in [0.1, 0.15) is 5.69 Å². The zero-order chi connectivity index (χ0) is 15.2. The van der Waals surface area contributed by atoms with Crippen molar-refractivity contribution < 1.29 is 4.52 Å². The summed E-state index contributed by atoms with van der Waals surface area (Å²) in [6, 6.07) is 4.08. The maximum absolute atomic E-state index is 5.47. The van der Waals surface area contributed by atoms with Gasteiger partial charge in [0.15, 0.2) is 0 Å². The molecule has 6 heteroatoms. The second-order valence-corrected chi connectivity index (χ2v) is 5.90. The molecule has 2 rings (SSSR count). The summed E-state index contributed by atoms with van der Waals surface area (Å²) >= 11 is 3.46. The average molecular weight is 353 g/mol. The molecule has 0 aromatic carbocycles. The summed E-state index contributed by atoms with van der Waals surface area (Å²) < 4.78 is 6.33. The Kier molecular flexibility index (Phi) is 5.87. The van der Waals surface area contributed by atoms with Gasteiger partial charge in [0.2, 0.25) is 11.7 Å². The van der Waals surface area contributed by atoms with E-state index in [2.05, 4.69) is 57.1 Å². The largest absolute Gasteiger partial charge is 0.339 e. The molecular formula is C15H21BrN4O. The van der Waals surface area contributed by atoms with E-state index in [0.29, 0.717) is 23.5 Å². The SMILES string of the molecule is CCCNC(C)C(CC)c1nc(-c2ncccc2Br)no1. The molecule has 2 aromatic heterocycles. The molecule has 0 aliphatic heterocycles. The predicted octanol–water partition coefficient (Wildman–Crippen LogP) is 3.78. The van der Waals surface area contributed by atoms with Crippen LogP contribution in [-0.2, 0) is 0 Å². The van der Waals surface area contributed by atoms with Crippen molar-refractivity contribution in [3.05, 3.63) is 28.7 Å². The molecule has 0 amide bonds. The fourth-order valence-corrected chi connectivity index (χ4v) is 2.72. The van der Waals surface area contributed by atoms with Gasteiger partial charge in [-0.1, -0.05) is 19.0 Å². The van der Waals surface area contributed by atoms with Crippen molar-refractivity contribution in [2.75, 3.05) is 6.54 Å². The quantitative estimate of drug-likeness (QED) is 0.821. The summed E-state index contributed by atoms with van der Waals surface area (Å²) in [6.07, 6.45) is 3.78. The lowest BCUT2D eigenvalue weighted by Crippen LogP contribution is -2.32. The summed E-state index contributed by atoms with van der Waals surface area (Å²) in [7, 11) is 0. The molecule has 0 bridgehead atoms. The van der Waals surface area contributed by atoms with Crippen LogP contribution in [0.15, 0.2) is 27.3 Å². The number of aromatic nitrogens is 3. The Labute approximate surface area is 133 Å². The Balaban J connectivity index is 2.20. The molecule has 5 nitrogen and oxygen atoms in total. The Bertz CT molecular complexity index is 572. The zero-order valence-electron chi connectivity index (χ0n) is 12.6. The van der Waals surface area contributed by atoms with Crippen LogP contribution < -0.4 is 5.32 Å². The molecule has 2 heterocycles. The summed E-state index contributed by atoms with van der Waals surface area (Å²) in [5.74, 6) is 1.40. The third kappa shape index (κ3) is 3.89. The van der Waals surface area contributed by atoms with E-state index in [1.54, 1.807) is 6.20 Å². The van der Waals surface area contributed by atoms with E-state index in [-0.39, 0.29) is 5.92 Å². The number of pyridine rings is 1. The number of halogens is 1. The topological polar surface area (TPSA) is 63.8 Å². The molecule has 2 atom stereocenters. The first kappa shape index (κ1) is 16.1.